The molecule has 0 aliphatic carbocycles. The Hall–Kier alpha value is -2.00. The SMILES string of the molecule is CCc1nnc(NCCc2cscn2)c(C#N)c1CC. The Labute approximate surface area is 122 Å². The first-order valence-electron chi connectivity index (χ1n) is 6.69. The molecule has 104 valence electrons. The molecule has 0 amide bonds. The lowest BCUT2D eigenvalue weighted by Crippen LogP contribution is -2.12. The highest BCUT2D eigenvalue weighted by Gasteiger charge is 2.13. The van der Waals surface area contributed by atoms with Gasteiger partial charge in [0, 0.05) is 18.3 Å². The first kappa shape index (κ1) is 14.4. The van der Waals surface area contributed by atoms with Crippen molar-refractivity contribution in [2.75, 3.05) is 11.9 Å². The van der Waals surface area contributed by atoms with Crippen LogP contribution in [0.3, 0.4) is 0 Å². The van der Waals surface area contributed by atoms with Gasteiger partial charge in [0.25, 0.3) is 0 Å². The highest BCUT2D eigenvalue weighted by Crippen LogP contribution is 2.19. The minimum atomic E-state index is 0.580. The molecule has 0 radical (unpaired) electrons. The Morgan fingerprint density at radius 1 is 1.30 bits per heavy atom. The number of rotatable bonds is 6. The summed E-state index contributed by atoms with van der Waals surface area (Å²) in [6.07, 6.45) is 2.40. The molecule has 0 saturated carbocycles. The zero-order valence-electron chi connectivity index (χ0n) is 11.7. The fourth-order valence-electron chi connectivity index (χ4n) is 2.09. The number of thiazole rings is 1. The molecule has 0 spiro atoms. The second kappa shape index (κ2) is 6.96. The van der Waals surface area contributed by atoms with Gasteiger partial charge < -0.3 is 5.32 Å². The van der Waals surface area contributed by atoms with E-state index in [0.717, 1.165) is 36.2 Å². The Kier molecular flexibility index (Phi) is 5.02. The van der Waals surface area contributed by atoms with Crippen molar-refractivity contribution in [1.29, 1.82) is 5.26 Å². The van der Waals surface area contributed by atoms with Gasteiger partial charge in [0.2, 0.25) is 0 Å². The van der Waals surface area contributed by atoms with Crippen LogP contribution in [0.2, 0.25) is 0 Å². The maximum Gasteiger partial charge on any atom is 0.166 e. The number of nitriles is 1. The highest BCUT2D eigenvalue weighted by atomic mass is 32.1. The number of hydrogen-bond donors (Lipinski definition) is 1. The van der Waals surface area contributed by atoms with Crippen molar-refractivity contribution in [3.8, 4) is 6.07 Å². The molecule has 1 N–H and O–H groups in total. The Morgan fingerprint density at radius 3 is 2.75 bits per heavy atom. The first-order valence-corrected chi connectivity index (χ1v) is 7.63. The summed E-state index contributed by atoms with van der Waals surface area (Å²) in [6.45, 7) is 4.76. The van der Waals surface area contributed by atoms with Crippen molar-refractivity contribution in [3.63, 3.8) is 0 Å². The van der Waals surface area contributed by atoms with Gasteiger partial charge >= 0.3 is 0 Å². The molecular weight excluding hydrogens is 270 g/mol. The lowest BCUT2D eigenvalue weighted by molar-refractivity contribution is 0.863. The van der Waals surface area contributed by atoms with Gasteiger partial charge in [0.05, 0.1) is 16.9 Å². The Balaban J connectivity index is 2.13. The standard InChI is InChI=1S/C14H17N5S/c1-3-11-12(7-15)14(19-18-13(11)4-2)16-6-5-10-8-20-9-17-10/h8-9H,3-6H2,1-2H3,(H,16,19). The predicted octanol–water partition coefficient (Wildman–Crippen LogP) is 2.58. The number of anilines is 1. The lowest BCUT2D eigenvalue weighted by Gasteiger charge is -2.11. The van der Waals surface area contributed by atoms with Crippen LogP contribution in [0.15, 0.2) is 10.9 Å². The molecule has 2 rings (SSSR count). The summed E-state index contributed by atoms with van der Waals surface area (Å²) in [5.41, 5.74) is 5.41. The van der Waals surface area contributed by atoms with Crippen LogP contribution in [0.5, 0.6) is 0 Å². The molecule has 0 atom stereocenters. The molecule has 2 heterocycles. The molecule has 5 nitrogen and oxygen atoms in total. The van der Waals surface area contributed by atoms with Gasteiger partial charge in [-0.3, -0.25) is 0 Å². The minimum Gasteiger partial charge on any atom is -0.367 e. The summed E-state index contributed by atoms with van der Waals surface area (Å²) < 4.78 is 0. The lowest BCUT2D eigenvalue weighted by atomic mass is 10.0. The maximum absolute atomic E-state index is 9.37. The average molecular weight is 287 g/mol. The van der Waals surface area contributed by atoms with E-state index in [1.807, 2.05) is 24.7 Å². The van der Waals surface area contributed by atoms with Crippen molar-refractivity contribution in [2.24, 2.45) is 0 Å². The van der Waals surface area contributed by atoms with E-state index in [1.165, 1.54) is 0 Å². The smallest absolute Gasteiger partial charge is 0.166 e. The number of nitrogens with zero attached hydrogens (tertiary/aromatic N) is 4. The summed E-state index contributed by atoms with van der Waals surface area (Å²) in [5.74, 6) is 0.580. The number of nitrogens with one attached hydrogen (secondary N) is 1. The summed E-state index contributed by atoms with van der Waals surface area (Å²) in [4.78, 5) is 4.23. The number of aryl methyl sites for hydroxylation is 1. The summed E-state index contributed by atoms with van der Waals surface area (Å²) in [7, 11) is 0. The Bertz CT molecular complexity index is 601. The van der Waals surface area contributed by atoms with Crippen molar-refractivity contribution < 1.29 is 0 Å². The average Bonchev–Trinajstić information content (AvgIpc) is 2.99. The summed E-state index contributed by atoms with van der Waals surface area (Å²) >= 11 is 1.59. The predicted molar refractivity (Wildman–Crippen MR) is 79.8 cm³/mol. The van der Waals surface area contributed by atoms with Crippen LogP contribution < -0.4 is 5.32 Å². The van der Waals surface area contributed by atoms with Gasteiger partial charge in [0.1, 0.15) is 11.6 Å². The molecule has 0 unspecified atom stereocenters. The van der Waals surface area contributed by atoms with E-state index in [1.54, 1.807) is 11.3 Å². The molecule has 0 aromatic carbocycles. The van der Waals surface area contributed by atoms with Crippen molar-refractivity contribution in [1.82, 2.24) is 15.2 Å². The molecule has 0 saturated heterocycles. The fraction of sp³-hybridized carbons (Fsp3) is 0.429. The molecule has 0 bridgehead atoms. The van der Waals surface area contributed by atoms with E-state index in [4.69, 9.17) is 0 Å². The summed E-state index contributed by atoms with van der Waals surface area (Å²) in [6, 6.07) is 2.25. The van der Waals surface area contributed by atoms with E-state index in [0.29, 0.717) is 17.9 Å². The van der Waals surface area contributed by atoms with Gasteiger partial charge in [0.15, 0.2) is 5.82 Å². The Morgan fingerprint density at radius 2 is 2.15 bits per heavy atom. The number of aromatic nitrogens is 3. The van der Waals surface area contributed by atoms with Crippen LogP contribution >= 0.6 is 11.3 Å². The van der Waals surface area contributed by atoms with E-state index >= 15 is 0 Å². The molecule has 0 fully saturated rings. The van der Waals surface area contributed by atoms with Gasteiger partial charge in [-0.2, -0.15) is 10.4 Å². The van der Waals surface area contributed by atoms with Gasteiger partial charge in [-0.05, 0) is 18.4 Å². The van der Waals surface area contributed by atoms with E-state index < -0.39 is 0 Å². The third kappa shape index (κ3) is 3.11. The van der Waals surface area contributed by atoms with Crippen molar-refractivity contribution >= 4 is 17.2 Å². The molecule has 2 aromatic heterocycles. The van der Waals surface area contributed by atoms with Gasteiger partial charge in [-0.15, -0.1) is 16.4 Å². The topological polar surface area (TPSA) is 74.5 Å². The van der Waals surface area contributed by atoms with E-state index in [2.05, 4.69) is 26.6 Å². The van der Waals surface area contributed by atoms with Crippen LogP contribution in [-0.2, 0) is 19.3 Å². The normalized spacial score (nSPS) is 10.2. The monoisotopic (exact) mass is 287 g/mol. The molecule has 0 aliphatic rings. The van der Waals surface area contributed by atoms with Crippen LogP contribution in [-0.4, -0.2) is 21.7 Å². The van der Waals surface area contributed by atoms with Gasteiger partial charge in [-0.1, -0.05) is 13.8 Å². The second-order valence-electron chi connectivity index (χ2n) is 4.32. The third-order valence-corrected chi connectivity index (χ3v) is 3.75. The third-order valence-electron chi connectivity index (χ3n) is 3.11. The van der Waals surface area contributed by atoms with Gasteiger partial charge in [-0.25, -0.2) is 4.98 Å². The molecule has 20 heavy (non-hydrogen) atoms. The zero-order valence-corrected chi connectivity index (χ0v) is 12.5. The van der Waals surface area contributed by atoms with Crippen LogP contribution in [0.25, 0.3) is 0 Å². The minimum absolute atomic E-state index is 0.580. The molecular formula is C14H17N5S. The van der Waals surface area contributed by atoms with Crippen LogP contribution in [0.4, 0.5) is 5.82 Å². The van der Waals surface area contributed by atoms with E-state index in [9.17, 15) is 5.26 Å². The van der Waals surface area contributed by atoms with Crippen LogP contribution in [0, 0.1) is 11.3 Å². The first-order chi connectivity index (χ1) is 9.80. The quantitative estimate of drug-likeness (QED) is 0.884. The second-order valence-corrected chi connectivity index (χ2v) is 5.04. The molecule has 2 aromatic rings. The number of hydrogen-bond acceptors (Lipinski definition) is 6. The zero-order chi connectivity index (χ0) is 14.4. The van der Waals surface area contributed by atoms with Crippen molar-refractivity contribution in [2.45, 2.75) is 33.1 Å². The summed E-state index contributed by atoms with van der Waals surface area (Å²) in [5, 5.41) is 22.9. The molecule has 0 aliphatic heterocycles. The highest BCUT2D eigenvalue weighted by molar-refractivity contribution is 7.07. The van der Waals surface area contributed by atoms with Crippen molar-refractivity contribution in [3.05, 3.63) is 33.4 Å². The van der Waals surface area contributed by atoms with Crippen LogP contribution in [0.1, 0.15) is 36.4 Å². The fourth-order valence-corrected chi connectivity index (χ4v) is 2.68. The maximum atomic E-state index is 9.37. The van der Waals surface area contributed by atoms with E-state index in [-0.39, 0.29) is 0 Å². The largest absolute Gasteiger partial charge is 0.367 e. The molecule has 6 heteroatoms.